The SMILES string of the molecule is Cc1cc(B(O)O)cc2cccnc12. The van der Waals surface area contributed by atoms with E-state index in [1.54, 1.807) is 18.3 Å². The van der Waals surface area contributed by atoms with Gasteiger partial charge in [-0.15, -0.1) is 0 Å². The normalized spacial score (nSPS) is 10.5. The number of aromatic nitrogens is 1. The van der Waals surface area contributed by atoms with Crippen molar-refractivity contribution in [3.8, 4) is 0 Å². The van der Waals surface area contributed by atoms with E-state index in [1.807, 2.05) is 19.1 Å². The molecular formula is C10H10BNO2. The van der Waals surface area contributed by atoms with Crippen LogP contribution < -0.4 is 5.46 Å². The lowest BCUT2D eigenvalue weighted by atomic mass is 9.79. The number of fused-ring (bicyclic) bond motifs is 1. The van der Waals surface area contributed by atoms with Gasteiger partial charge in [-0.1, -0.05) is 18.2 Å². The molecule has 0 saturated carbocycles. The Morgan fingerprint density at radius 2 is 2.07 bits per heavy atom. The zero-order chi connectivity index (χ0) is 10.1. The Kier molecular flexibility index (Phi) is 2.23. The lowest BCUT2D eigenvalue weighted by Gasteiger charge is -2.05. The average molecular weight is 187 g/mol. The molecule has 0 radical (unpaired) electrons. The summed E-state index contributed by atoms with van der Waals surface area (Å²) in [5.74, 6) is 0. The zero-order valence-corrected chi connectivity index (χ0v) is 7.81. The first-order chi connectivity index (χ1) is 6.68. The first-order valence-corrected chi connectivity index (χ1v) is 4.40. The van der Waals surface area contributed by atoms with Gasteiger partial charge in [0.15, 0.2) is 0 Å². The maximum absolute atomic E-state index is 9.04. The molecule has 0 aliphatic rings. The van der Waals surface area contributed by atoms with Crippen molar-refractivity contribution in [3.63, 3.8) is 0 Å². The van der Waals surface area contributed by atoms with Gasteiger partial charge in [0.1, 0.15) is 0 Å². The molecule has 70 valence electrons. The van der Waals surface area contributed by atoms with Gasteiger partial charge in [0.2, 0.25) is 0 Å². The van der Waals surface area contributed by atoms with E-state index in [9.17, 15) is 0 Å². The molecule has 0 aliphatic carbocycles. The van der Waals surface area contributed by atoms with Gasteiger partial charge in [0.05, 0.1) is 5.52 Å². The molecule has 0 amide bonds. The van der Waals surface area contributed by atoms with E-state index in [1.165, 1.54) is 0 Å². The van der Waals surface area contributed by atoms with Gasteiger partial charge in [-0.25, -0.2) is 0 Å². The van der Waals surface area contributed by atoms with Gasteiger partial charge < -0.3 is 10.0 Å². The van der Waals surface area contributed by atoms with Gasteiger partial charge in [-0.05, 0) is 24.0 Å². The van der Waals surface area contributed by atoms with Gasteiger partial charge in [0, 0.05) is 11.6 Å². The highest BCUT2D eigenvalue weighted by molar-refractivity contribution is 6.59. The summed E-state index contributed by atoms with van der Waals surface area (Å²) in [5, 5.41) is 19.0. The Morgan fingerprint density at radius 3 is 2.79 bits per heavy atom. The van der Waals surface area contributed by atoms with Crippen molar-refractivity contribution in [1.29, 1.82) is 0 Å². The topological polar surface area (TPSA) is 53.4 Å². The molecule has 0 fully saturated rings. The average Bonchev–Trinajstić information content (AvgIpc) is 2.17. The summed E-state index contributed by atoms with van der Waals surface area (Å²) < 4.78 is 0. The molecule has 0 aliphatic heterocycles. The Bertz CT molecular complexity index is 471. The monoisotopic (exact) mass is 187 g/mol. The van der Waals surface area contributed by atoms with Crippen molar-refractivity contribution >= 4 is 23.5 Å². The first-order valence-electron chi connectivity index (χ1n) is 4.40. The van der Waals surface area contributed by atoms with Gasteiger partial charge in [0.25, 0.3) is 0 Å². The second kappa shape index (κ2) is 3.40. The van der Waals surface area contributed by atoms with Crippen LogP contribution in [0.4, 0.5) is 0 Å². The lowest BCUT2D eigenvalue weighted by Crippen LogP contribution is -2.29. The summed E-state index contributed by atoms with van der Waals surface area (Å²) in [5.41, 5.74) is 2.35. The quantitative estimate of drug-likeness (QED) is 0.628. The van der Waals surface area contributed by atoms with Crippen LogP contribution in [0.1, 0.15) is 5.56 Å². The van der Waals surface area contributed by atoms with Crippen LogP contribution in [0, 0.1) is 6.92 Å². The summed E-state index contributed by atoms with van der Waals surface area (Å²) in [7, 11) is -1.42. The standard InChI is InChI=1S/C10H10BNO2/c1-7-5-9(11(13)14)6-8-3-2-4-12-10(7)8/h2-6,13-14H,1H3. The van der Waals surface area contributed by atoms with Gasteiger partial charge in [-0.2, -0.15) is 0 Å². The number of nitrogens with zero attached hydrogens (tertiary/aromatic N) is 1. The molecule has 1 aromatic heterocycles. The predicted molar refractivity (Wildman–Crippen MR) is 56.3 cm³/mol. The highest BCUT2D eigenvalue weighted by atomic mass is 16.4. The van der Waals surface area contributed by atoms with Crippen LogP contribution in [-0.2, 0) is 0 Å². The van der Waals surface area contributed by atoms with Crippen LogP contribution in [-0.4, -0.2) is 22.2 Å². The number of benzene rings is 1. The molecule has 0 spiro atoms. The minimum atomic E-state index is -1.42. The summed E-state index contributed by atoms with van der Waals surface area (Å²) in [4.78, 5) is 4.22. The van der Waals surface area contributed by atoms with E-state index in [-0.39, 0.29) is 0 Å². The minimum Gasteiger partial charge on any atom is -0.423 e. The third-order valence-electron chi connectivity index (χ3n) is 2.22. The fourth-order valence-corrected chi connectivity index (χ4v) is 1.55. The summed E-state index contributed by atoms with van der Waals surface area (Å²) in [6, 6.07) is 7.20. The van der Waals surface area contributed by atoms with Crippen LogP contribution in [0.25, 0.3) is 10.9 Å². The van der Waals surface area contributed by atoms with Crippen LogP contribution >= 0.6 is 0 Å². The molecule has 2 rings (SSSR count). The Balaban J connectivity index is 2.72. The summed E-state index contributed by atoms with van der Waals surface area (Å²) in [6.45, 7) is 1.90. The second-order valence-corrected chi connectivity index (χ2v) is 3.29. The third-order valence-corrected chi connectivity index (χ3v) is 2.22. The van der Waals surface area contributed by atoms with Crippen molar-refractivity contribution in [1.82, 2.24) is 4.98 Å². The molecule has 0 unspecified atom stereocenters. The molecule has 1 aromatic carbocycles. The molecule has 0 bridgehead atoms. The lowest BCUT2D eigenvalue weighted by molar-refractivity contribution is 0.426. The Hall–Kier alpha value is -1.39. The van der Waals surface area contributed by atoms with Crippen molar-refractivity contribution in [3.05, 3.63) is 36.0 Å². The number of hydrogen-bond donors (Lipinski definition) is 2. The predicted octanol–water partition coefficient (Wildman–Crippen LogP) is 0.223. The fourth-order valence-electron chi connectivity index (χ4n) is 1.55. The highest BCUT2D eigenvalue weighted by Gasteiger charge is 2.12. The highest BCUT2D eigenvalue weighted by Crippen LogP contribution is 2.13. The molecule has 14 heavy (non-hydrogen) atoms. The maximum Gasteiger partial charge on any atom is 0.488 e. The molecule has 2 aromatic rings. The zero-order valence-electron chi connectivity index (χ0n) is 7.81. The van der Waals surface area contributed by atoms with Crippen LogP contribution in [0.3, 0.4) is 0 Å². The van der Waals surface area contributed by atoms with E-state index in [4.69, 9.17) is 10.0 Å². The molecule has 2 N–H and O–H groups in total. The van der Waals surface area contributed by atoms with E-state index in [0.29, 0.717) is 5.46 Å². The van der Waals surface area contributed by atoms with E-state index < -0.39 is 7.12 Å². The maximum atomic E-state index is 9.04. The number of pyridine rings is 1. The van der Waals surface area contributed by atoms with Gasteiger partial charge in [-0.3, -0.25) is 4.98 Å². The molecule has 0 saturated heterocycles. The molecule has 4 heteroatoms. The van der Waals surface area contributed by atoms with Crippen LogP contribution in [0.15, 0.2) is 30.5 Å². The largest absolute Gasteiger partial charge is 0.488 e. The fraction of sp³-hybridized carbons (Fsp3) is 0.100. The molecule has 1 heterocycles. The summed E-state index contributed by atoms with van der Waals surface area (Å²) >= 11 is 0. The molecular weight excluding hydrogens is 177 g/mol. The molecule has 0 atom stereocenters. The van der Waals surface area contributed by atoms with Crippen LogP contribution in [0.2, 0.25) is 0 Å². The Labute approximate surface area is 82.2 Å². The van der Waals surface area contributed by atoms with E-state index in [2.05, 4.69) is 4.98 Å². The Morgan fingerprint density at radius 1 is 1.29 bits per heavy atom. The van der Waals surface area contributed by atoms with Gasteiger partial charge >= 0.3 is 7.12 Å². The summed E-state index contributed by atoms with van der Waals surface area (Å²) in [6.07, 6.45) is 1.73. The minimum absolute atomic E-state index is 0.503. The van der Waals surface area contributed by atoms with Crippen molar-refractivity contribution in [2.24, 2.45) is 0 Å². The van der Waals surface area contributed by atoms with Crippen molar-refractivity contribution in [2.45, 2.75) is 6.92 Å². The van der Waals surface area contributed by atoms with Crippen molar-refractivity contribution < 1.29 is 10.0 Å². The third kappa shape index (κ3) is 1.50. The molecule has 3 nitrogen and oxygen atoms in total. The van der Waals surface area contributed by atoms with E-state index >= 15 is 0 Å². The van der Waals surface area contributed by atoms with E-state index in [0.717, 1.165) is 16.5 Å². The number of aryl methyl sites for hydroxylation is 1. The first kappa shape index (κ1) is 9.18. The number of hydrogen-bond acceptors (Lipinski definition) is 3. The van der Waals surface area contributed by atoms with Crippen LogP contribution in [0.5, 0.6) is 0 Å². The smallest absolute Gasteiger partial charge is 0.423 e. The number of rotatable bonds is 1. The van der Waals surface area contributed by atoms with Crippen molar-refractivity contribution in [2.75, 3.05) is 0 Å². The second-order valence-electron chi connectivity index (χ2n) is 3.29.